The number of piperidine rings is 1. The van der Waals surface area contributed by atoms with Crippen molar-refractivity contribution in [3.05, 3.63) is 59.3 Å². The summed E-state index contributed by atoms with van der Waals surface area (Å²) in [7, 11) is 0. The van der Waals surface area contributed by atoms with E-state index in [-0.39, 0.29) is 23.6 Å². The largest absolute Gasteiger partial charge is 0.489 e. The number of imidazole rings is 1. The van der Waals surface area contributed by atoms with E-state index in [0.717, 1.165) is 62.0 Å². The van der Waals surface area contributed by atoms with Gasteiger partial charge in [0.2, 0.25) is 11.9 Å². The maximum atomic E-state index is 14.3. The van der Waals surface area contributed by atoms with Crippen molar-refractivity contribution in [1.82, 2.24) is 34.3 Å². The monoisotopic (exact) mass is 612 g/mol. The van der Waals surface area contributed by atoms with E-state index in [9.17, 15) is 9.59 Å². The van der Waals surface area contributed by atoms with Crippen LogP contribution in [-0.4, -0.2) is 80.4 Å². The summed E-state index contributed by atoms with van der Waals surface area (Å²) in [4.78, 5) is 42.2. The number of hydrogen-bond donors (Lipinski definition) is 2. The van der Waals surface area contributed by atoms with Crippen LogP contribution in [0.2, 0.25) is 0 Å². The van der Waals surface area contributed by atoms with E-state index >= 15 is 0 Å². The molecule has 3 fully saturated rings. The third-order valence-electron chi connectivity index (χ3n) is 9.25. The molecule has 0 saturated carbocycles. The van der Waals surface area contributed by atoms with E-state index in [0.29, 0.717) is 61.7 Å². The Morgan fingerprint density at radius 1 is 1.09 bits per heavy atom. The van der Waals surface area contributed by atoms with Crippen molar-refractivity contribution < 1.29 is 14.3 Å². The van der Waals surface area contributed by atoms with Crippen LogP contribution in [0.5, 0.6) is 5.75 Å². The first kappa shape index (κ1) is 29.4. The molecule has 236 valence electrons. The van der Waals surface area contributed by atoms with Crippen molar-refractivity contribution in [1.29, 1.82) is 0 Å². The molecule has 1 aromatic carbocycles. The van der Waals surface area contributed by atoms with Gasteiger partial charge in [-0.05, 0) is 74.9 Å². The van der Waals surface area contributed by atoms with E-state index in [4.69, 9.17) is 14.5 Å². The number of carbonyl (C=O) groups is 1. The third kappa shape index (κ3) is 6.43. The number of likely N-dealkylation sites (tertiary alicyclic amines) is 1. The van der Waals surface area contributed by atoms with Gasteiger partial charge in [-0.2, -0.15) is 4.98 Å². The molecule has 6 heterocycles. The van der Waals surface area contributed by atoms with Gasteiger partial charge in [0, 0.05) is 82.0 Å². The molecular formula is C33H40N8O4. The molecule has 1 unspecified atom stereocenters. The maximum Gasteiger partial charge on any atom is 0.263 e. The zero-order chi connectivity index (χ0) is 30.8. The van der Waals surface area contributed by atoms with Gasteiger partial charge in [0.05, 0.1) is 5.56 Å². The maximum absolute atomic E-state index is 14.3. The molecule has 0 bridgehead atoms. The Morgan fingerprint density at radius 2 is 1.89 bits per heavy atom. The quantitative estimate of drug-likeness (QED) is 0.306. The van der Waals surface area contributed by atoms with E-state index in [1.165, 1.54) is 0 Å². The fourth-order valence-electron chi connectivity index (χ4n) is 6.68. The lowest BCUT2D eigenvalue weighted by Gasteiger charge is -2.32. The van der Waals surface area contributed by atoms with Crippen LogP contribution in [0.15, 0.2) is 53.7 Å². The molecule has 3 aliphatic rings. The first-order chi connectivity index (χ1) is 22.0. The van der Waals surface area contributed by atoms with Crippen LogP contribution in [-0.2, 0) is 16.1 Å². The second-order valence-electron chi connectivity index (χ2n) is 12.3. The number of benzene rings is 1. The predicted molar refractivity (Wildman–Crippen MR) is 171 cm³/mol. The molecular weight excluding hydrogens is 572 g/mol. The zero-order valence-corrected chi connectivity index (χ0v) is 25.7. The van der Waals surface area contributed by atoms with E-state index in [2.05, 4.69) is 25.2 Å². The Kier molecular flexibility index (Phi) is 8.49. The average Bonchev–Trinajstić information content (AvgIpc) is 3.77. The number of anilines is 2. The standard InChI is InChI=1S/C33H40N8O4/c1-22(42)39-13-7-26(8-14-39)40-15-12-35-31(40)29-18-24-19-36-33(37-25-2-4-27(5-3-25)45-28-6-11-34-20-28)38-30(24)41(32(29)43)21-23-9-16-44-17-10-23/h2-5,12,15,18-19,23,26,28,34H,6-11,13-14,16-17,20-21H2,1H3,(H,36,37,38). The van der Waals surface area contributed by atoms with E-state index in [1.54, 1.807) is 23.9 Å². The van der Waals surface area contributed by atoms with Gasteiger partial charge in [-0.25, -0.2) is 9.97 Å². The Hall–Kier alpha value is -4.29. The van der Waals surface area contributed by atoms with Crippen molar-refractivity contribution in [2.24, 2.45) is 5.92 Å². The number of aromatic nitrogens is 5. The molecule has 0 aliphatic carbocycles. The summed E-state index contributed by atoms with van der Waals surface area (Å²) >= 11 is 0. The number of rotatable bonds is 8. The lowest BCUT2D eigenvalue weighted by atomic mass is 10.00. The van der Waals surface area contributed by atoms with Gasteiger partial charge in [-0.3, -0.25) is 14.2 Å². The molecule has 12 nitrogen and oxygen atoms in total. The van der Waals surface area contributed by atoms with Crippen molar-refractivity contribution >= 4 is 28.6 Å². The number of nitrogens with one attached hydrogen (secondary N) is 2. The summed E-state index contributed by atoms with van der Waals surface area (Å²) in [5, 5.41) is 7.40. The van der Waals surface area contributed by atoms with Gasteiger partial charge in [0.25, 0.3) is 5.56 Å². The zero-order valence-electron chi connectivity index (χ0n) is 25.7. The molecule has 4 aromatic rings. The fourth-order valence-corrected chi connectivity index (χ4v) is 6.68. The first-order valence-corrected chi connectivity index (χ1v) is 16.0. The van der Waals surface area contributed by atoms with E-state index < -0.39 is 0 Å². The Morgan fingerprint density at radius 3 is 2.62 bits per heavy atom. The number of carbonyl (C=O) groups excluding carboxylic acids is 1. The van der Waals surface area contributed by atoms with Gasteiger partial charge >= 0.3 is 0 Å². The summed E-state index contributed by atoms with van der Waals surface area (Å²) < 4.78 is 15.6. The van der Waals surface area contributed by atoms with Gasteiger partial charge in [0.1, 0.15) is 23.3 Å². The number of amides is 1. The van der Waals surface area contributed by atoms with Crippen molar-refractivity contribution in [3.63, 3.8) is 0 Å². The van der Waals surface area contributed by atoms with Crippen molar-refractivity contribution in [2.45, 2.75) is 57.7 Å². The van der Waals surface area contributed by atoms with Crippen LogP contribution < -0.4 is 20.9 Å². The van der Waals surface area contributed by atoms with Crippen LogP contribution in [0.1, 0.15) is 45.1 Å². The van der Waals surface area contributed by atoms with Crippen LogP contribution in [0.3, 0.4) is 0 Å². The second-order valence-corrected chi connectivity index (χ2v) is 12.3. The van der Waals surface area contributed by atoms with E-state index in [1.807, 2.05) is 41.4 Å². The normalized spacial score (nSPS) is 19.7. The minimum atomic E-state index is -0.116. The van der Waals surface area contributed by atoms with Crippen LogP contribution >= 0.6 is 0 Å². The number of pyridine rings is 1. The molecule has 0 spiro atoms. The molecule has 2 N–H and O–H groups in total. The number of nitrogens with zero attached hydrogens (tertiary/aromatic N) is 6. The summed E-state index contributed by atoms with van der Waals surface area (Å²) in [6.07, 6.45) is 10.1. The number of fused-ring (bicyclic) bond motifs is 1. The summed E-state index contributed by atoms with van der Waals surface area (Å²) in [6, 6.07) is 9.82. The highest BCUT2D eigenvalue weighted by molar-refractivity contribution is 5.80. The molecule has 1 amide bonds. The molecule has 3 aliphatic heterocycles. The lowest BCUT2D eigenvalue weighted by Crippen LogP contribution is -2.37. The Balaban J connectivity index is 1.20. The highest BCUT2D eigenvalue weighted by atomic mass is 16.5. The lowest BCUT2D eigenvalue weighted by molar-refractivity contribution is -0.130. The summed E-state index contributed by atoms with van der Waals surface area (Å²) in [5.41, 5.74) is 1.84. The molecule has 3 saturated heterocycles. The molecule has 1 atom stereocenters. The molecule has 45 heavy (non-hydrogen) atoms. The minimum absolute atomic E-state index is 0.0989. The van der Waals surface area contributed by atoms with Crippen LogP contribution in [0, 0.1) is 5.92 Å². The van der Waals surface area contributed by atoms with Gasteiger partial charge in [-0.1, -0.05) is 0 Å². The Labute approximate surface area is 261 Å². The van der Waals surface area contributed by atoms with Crippen molar-refractivity contribution in [3.8, 4) is 17.1 Å². The number of hydrogen-bond acceptors (Lipinski definition) is 9. The van der Waals surface area contributed by atoms with Crippen LogP contribution in [0.4, 0.5) is 11.6 Å². The first-order valence-electron chi connectivity index (χ1n) is 16.0. The summed E-state index contributed by atoms with van der Waals surface area (Å²) in [5.74, 6) is 2.29. The van der Waals surface area contributed by atoms with Crippen molar-refractivity contribution in [2.75, 3.05) is 44.7 Å². The van der Waals surface area contributed by atoms with Gasteiger partial charge in [-0.15, -0.1) is 0 Å². The molecule has 12 heteroatoms. The SMILES string of the molecule is CC(=O)N1CCC(n2ccnc2-c2cc3cnc(Nc4ccc(OC5CCNC5)cc4)nc3n(CC3CCOCC3)c2=O)CC1. The van der Waals surface area contributed by atoms with Gasteiger partial charge < -0.3 is 29.6 Å². The third-order valence-corrected chi connectivity index (χ3v) is 9.25. The average molecular weight is 613 g/mol. The molecule has 0 radical (unpaired) electrons. The fraction of sp³-hybridized carbons (Fsp3) is 0.485. The van der Waals surface area contributed by atoms with Gasteiger partial charge in [0.15, 0.2) is 0 Å². The molecule has 3 aromatic heterocycles. The van der Waals surface area contributed by atoms with Crippen LogP contribution in [0.25, 0.3) is 22.4 Å². The minimum Gasteiger partial charge on any atom is -0.489 e. The highest BCUT2D eigenvalue weighted by Gasteiger charge is 2.26. The predicted octanol–water partition coefficient (Wildman–Crippen LogP) is 3.75. The Bertz CT molecular complexity index is 1700. The smallest absolute Gasteiger partial charge is 0.263 e. The topological polar surface area (TPSA) is 128 Å². The highest BCUT2D eigenvalue weighted by Crippen LogP contribution is 2.29. The number of ether oxygens (including phenoxy) is 2. The second kappa shape index (κ2) is 13.0. The molecule has 7 rings (SSSR count). The summed E-state index contributed by atoms with van der Waals surface area (Å²) in [6.45, 7) is 6.78.